The Bertz CT molecular complexity index is 1110. The van der Waals surface area contributed by atoms with Crippen molar-refractivity contribution in [3.05, 3.63) is 53.1 Å². The average molecular weight is 510 g/mol. The van der Waals surface area contributed by atoms with E-state index in [2.05, 4.69) is 16.5 Å². The number of rotatable bonds is 4. The van der Waals surface area contributed by atoms with Gasteiger partial charge in [0.15, 0.2) is 0 Å². The van der Waals surface area contributed by atoms with E-state index in [-0.39, 0.29) is 28.9 Å². The van der Waals surface area contributed by atoms with Crippen molar-refractivity contribution >= 4 is 33.2 Å². The van der Waals surface area contributed by atoms with Crippen LogP contribution in [0.25, 0.3) is 0 Å². The summed E-state index contributed by atoms with van der Waals surface area (Å²) in [6.07, 6.45) is -0.127. The van der Waals surface area contributed by atoms with E-state index in [4.69, 9.17) is 21.1 Å². The molecule has 186 valence electrons. The molecule has 3 rings (SSSR count). The number of amides is 1. The van der Waals surface area contributed by atoms with Crippen molar-refractivity contribution in [2.24, 2.45) is 5.92 Å². The molecular formula is C24H32ClN3O5S. The van der Waals surface area contributed by atoms with Crippen molar-refractivity contribution in [3.8, 4) is 5.75 Å². The third-order valence-corrected chi connectivity index (χ3v) is 7.78. The van der Waals surface area contributed by atoms with Crippen LogP contribution in [0.5, 0.6) is 5.75 Å². The first kappa shape index (κ1) is 26.3. The largest absolute Gasteiger partial charge is 0.491 e. The first-order chi connectivity index (χ1) is 16.0. The number of halogens is 1. The van der Waals surface area contributed by atoms with Crippen LogP contribution in [0, 0.1) is 5.92 Å². The minimum absolute atomic E-state index is 0.0643. The van der Waals surface area contributed by atoms with Gasteiger partial charge < -0.3 is 14.4 Å². The number of methoxy groups -OCH3 is 1. The van der Waals surface area contributed by atoms with Crippen LogP contribution in [0.15, 0.2) is 47.4 Å². The Morgan fingerprint density at radius 1 is 1.09 bits per heavy atom. The molecule has 0 unspecified atom stereocenters. The first-order valence-electron chi connectivity index (χ1n) is 11.1. The highest BCUT2D eigenvalue weighted by atomic mass is 35.5. The van der Waals surface area contributed by atoms with E-state index in [0.29, 0.717) is 35.2 Å². The molecule has 2 aromatic carbocycles. The molecule has 1 aliphatic heterocycles. The first-order valence-corrected chi connectivity index (χ1v) is 12.9. The Balaban J connectivity index is 1.94. The van der Waals surface area contributed by atoms with Crippen molar-refractivity contribution in [2.75, 3.05) is 45.6 Å². The standard InChI is InChI=1S/C24H32ClN3O5S/c1-16-13-27(3)17(2)15-33-22-12-19(26-34(30,31)20-9-6-18(25)7-10-20)8-11-21(22)24(29)28(4)14-23(16)32-5/h6-12,16-17,23,26H,13-15H2,1-5H3/t16-,17+,23+/m1/s1. The molecule has 0 fully saturated rings. The molecule has 0 saturated heterocycles. The van der Waals surface area contributed by atoms with E-state index in [0.717, 1.165) is 6.54 Å². The Hall–Kier alpha value is -2.33. The number of sulfonamides is 1. The summed E-state index contributed by atoms with van der Waals surface area (Å²) in [5.41, 5.74) is 0.649. The van der Waals surface area contributed by atoms with Gasteiger partial charge in [-0.05, 0) is 56.3 Å². The topological polar surface area (TPSA) is 88.2 Å². The molecule has 0 spiro atoms. The zero-order valence-electron chi connectivity index (χ0n) is 20.1. The number of carbonyl (C=O) groups excluding carboxylic acids is 1. The number of carbonyl (C=O) groups is 1. The van der Waals surface area contributed by atoms with Crippen LogP contribution in [0.3, 0.4) is 0 Å². The van der Waals surface area contributed by atoms with E-state index < -0.39 is 10.0 Å². The van der Waals surface area contributed by atoms with Crippen LogP contribution in [0.2, 0.25) is 5.02 Å². The predicted octanol–water partition coefficient (Wildman–Crippen LogP) is 3.58. The highest BCUT2D eigenvalue weighted by Gasteiger charge is 2.27. The molecule has 0 saturated carbocycles. The molecule has 3 atom stereocenters. The van der Waals surface area contributed by atoms with E-state index >= 15 is 0 Å². The van der Waals surface area contributed by atoms with Gasteiger partial charge in [0.1, 0.15) is 12.4 Å². The number of anilines is 1. The summed E-state index contributed by atoms with van der Waals surface area (Å²) in [5, 5.41) is 0.443. The van der Waals surface area contributed by atoms with Gasteiger partial charge in [-0.2, -0.15) is 0 Å². The van der Waals surface area contributed by atoms with Crippen LogP contribution >= 0.6 is 11.6 Å². The normalized spacial score (nSPS) is 22.8. The molecule has 10 heteroatoms. The summed E-state index contributed by atoms with van der Waals surface area (Å²) >= 11 is 5.87. The van der Waals surface area contributed by atoms with Crippen LogP contribution < -0.4 is 9.46 Å². The van der Waals surface area contributed by atoms with Crippen LogP contribution in [-0.2, 0) is 14.8 Å². The fraction of sp³-hybridized carbons (Fsp3) is 0.458. The van der Waals surface area contributed by atoms with Crippen molar-refractivity contribution in [2.45, 2.75) is 30.9 Å². The van der Waals surface area contributed by atoms with E-state index in [1.54, 1.807) is 37.3 Å². The summed E-state index contributed by atoms with van der Waals surface area (Å²) in [6, 6.07) is 10.6. The molecule has 1 amide bonds. The number of hydrogen-bond acceptors (Lipinski definition) is 6. The van der Waals surface area contributed by atoms with Crippen LogP contribution in [-0.4, -0.2) is 77.2 Å². The second-order valence-electron chi connectivity index (χ2n) is 8.81. The zero-order chi connectivity index (χ0) is 25.0. The third-order valence-electron chi connectivity index (χ3n) is 6.13. The number of benzene rings is 2. The monoisotopic (exact) mass is 509 g/mol. The number of nitrogens with one attached hydrogen (secondary N) is 1. The lowest BCUT2D eigenvalue weighted by atomic mass is 10.0. The second kappa shape index (κ2) is 10.9. The highest BCUT2D eigenvalue weighted by molar-refractivity contribution is 7.92. The maximum Gasteiger partial charge on any atom is 0.261 e. The molecule has 1 heterocycles. The lowest BCUT2D eigenvalue weighted by Crippen LogP contribution is -2.45. The summed E-state index contributed by atoms with van der Waals surface area (Å²) in [5.74, 6) is 0.296. The maximum atomic E-state index is 13.2. The van der Waals surface area contributed by atoms with Gasteiger partial charge in [-0.1, -0.05) is 18.5 Å². The second-order valence-corrected chi connectivity index (χ2v) is 10.9. The van der Waals surface area contributed by atoms with Gasteiger partial charge in [0.05, 0.1) is 22.3 Å². The van der Waals surface area contributed by atoms with Gasteiger partial charge in [0.25, 0.3) is 15.9 Å². The van der Waals surface area contributed by atoms with E-state index in [9.17, 15) is 13.2 Å². The number of hydrogen-bond donors (Lipinski definition) is 1. The Morgan fingerprint density at radius 2 is 1.76 bits per heavy atom. The van der Waals surface area contributed by atoms with Crippen molar-refractivity contribution in [1.29, 1.82) is 0 Å². The van der Waals surface area contributed by atoms with Crippen LogP contribution in [0.1, 0.15) is 24.2 Å². The highest BCUT2D eigenvalue weighted by Crippen LogP contribution is 2.28. The number of fused-ring (bicyclic) bond motifs is 1. The van der Waals surface area contributed by atoms with Gasteiger partial charge in [-0.3, -0.25) is 14.4 Å². The van der Waals surface area contributed by atoms with Gasteiger partial charge >= 0.3 is 0 Å². The van der Waals surface area contributed by atoms with Crippen molar-refractivity contribution < 1.29 is 22.7 Å². The number of nitrogens with zero attached hydrogens (tertiary/aromatic N) is 2. The fourth-order valence-electron chi connectivity index (χ4n) is 3.84. The molecule has 0 aliphatic carbocycles. The third kappa shape index (κ3) is 6.21. The minimum Gasteiger partial charge on any atom is -0.491 e. The molecule has 0 radical (unpaired) electrons. The molecule has 2 aromatic rings. The quantitative estimate of drug-likeness (QED) is 0.677. The Morgan fingerprint density at radius 3 is 2.41 bits per heavy atom. The minimum atomic E-state index is -3.84. The SMILES string of the molecule is CO[C@H]1CN(C)C(=O)c2ccc(NS(=O)(=O)c3ccc(Cl)cc3)cc2OC[C@H](C)N(C)C[C@H]1C. The summed E-state index contributed by atoms with van der Waals surface area (Å²) < 4.78 is 39.9. The Labute approximate surface area is 206 Å². The Kier molecular flexibility index (Phi) is 8.46. The van der Waals surface area contributed by atoms with E-state index in [1.165, 1.54) is 24.3 Å². The molecule has 0 aromatic heterocycles. The van der Waals surface area contributed by atoms with Gasteiger partial charge in [-0.15, -0.1) is 0 Å². The molecule has 1 N–H and O–H groups in total. The summed E-state index contributed by atoms with van der Waals surface area (Å²) in [4.78, 5) is 17.1. The van der Waals surface area contributed by atoms with Gasteiger partial charge in [0.2, 0.25) is 0 Å². The molecule has 34 heavy (non-hydrogen) atoms. The molecular weight excluding hydrogens is 478 g/mol. The summed E-state index contributed by atoms with van der Waals surface area (Å²) in [6.45, 7) is 5.68. The zero-order valence-corrected chi connectivity index (χ0v) is 21.7. The summed E-state index contributed by atoms with van der Waals surface area (Å²) in [7, 11) is 1.56. The van der Waals surface area contributed by atoms with E-state index in [1.807, 2.05) is 14.0 Å². The molecule has 0 bridgehead atoms. The lowest BCUT2D eigenvalue weighted by Gasteiger charge is -2.34. The van der Waals surface area contributed by atoms with Gasteiger partial charge in [0, 0.05) is 44.4 Å². The molecule has 8 nitrogen and oxygen atoms in total. The van der Waals surface area contributed by atoms with Crippen molar-refractivity contribution in [3.63, 3.8) is 0 Å². The average Bonchev–Trinajstić information content (AvgIpc) is 2.79. The fourth-order valence-corrected chi connectivity index (χ4v) is 5.02. The van der Waals surface area contributed by atoms with Gasteiger partial charge in [-0.25, -0.2) is 8.42 Å². The van der Waals surface area contributed by atoms with Crippen LogP contribution in [0.4, 0.5) is 5.69 Å². The predicted molar refractivity (Wildman–Crippen MR) is 133 cm³/mol. The maximum absolute atomic E-state index is 13.2. The van der Waals surface area contributed by atoms with Crippen molar-refractivity contribution in [1.82, 2.24) is 9.80 Å². The number of ether oxygens (including phenoxy) is 2. The lowest BCUT2D eigenvalue weighted by molar-refractivity contribution is 0.0150. The number of likely N-dealkylation sites (N-methyl/N-ethyl adjacent to an activating group) is 2. The molecule has 1 aliphatic rings. The smallest absolute Gasteiger partial charge is 0.261 e.